The highest BCUT2D eigenvalue weighted by Crippen LogP contribution is 2.31. The SMILES string of the molecule is CCc1ccc2nc(N(CCCN3CCOCC3)C(=O)c3ccc(SC)cc3)sc2c1. The molecular weight excluding hydrogens is 426 g/mol. The van der Waals surface area contributed by atoms with E-state index in [1.54, 1.807) is 23.1 Å². The molecule has 1 aromatic heterocycles. The van der Waals surface area contributed by atoms with Crippen LogP contribution in [0.3, 0.4) is 0 Å². The van der Waals surface area contributed by atoms with Crippen molar-refractivity contribution >= 4 is 44.4 Å². The number of carbonyl (C=O) groups is 1. The normalized spacial score (nSPS) is 14.8. The molecule has 1 fully saturated rings. The third kappa shape index (κ3) is 5.47. The maximum absolute atomic E-state index is 13.5. The molecule has 4 rings (SSSR count). The maximum Gasteiger partial charge on any atom is 0.260 e. The number of hydrogen-bond donors (Lipinski definition) is 0. The van der Waals surface area contributed by atoms with E-state index < -0.39 is 0 Å². The van der Waals surface area contributed by atoms with Gasteiger partial charge in [0.05, 0.1) is 23.4 Å². The van der Waals surface area contributed by atoms with Gasteiger partial charge in [-0.05, 0) is 61.1 Å². The first-order valence-electron chi connectivity index (χ1n) is 10.8. The van der Waals surface area contributed by atoms with E-state index in [1.807, 2.05) is 35.4 Å². The molecule has 1 amide bonds. The summed E-state index contributed by atoms with van der Waals surface area (Å²) in [6.45, 7) is 7.29. The van der Waals surface area contributed by atoms with Gasteiger partial charge in [-0.15, -0.1) is 11.8 Å². The lowest BCUT2D eigenvalue weighted by Crippen LogP contribution is -2.39. The quantitative estimate of drug-likeness (QED) is 0.450. The fraction of sp³-hybridized carbons (Fsp3) is 0.417. The third-order valence-electron chi connectivity index (χ3n) is 5.62. The molecule has 0 aliphatic carbocycles. The van der Waals surface area contributed by atoms with Crippen molar-refractivity contribution in [2.75, 3.05) is 50.5 Å². The zero-order chi connectivity index (χ0) is 21.6. The Hall–Kier alpha value is -1.93. The van der Waals surface area contributed by atoms with Crippen LogP contribution in [0.4, 0.5) is 5.13 Å². The Morgan fingerprint density at radius 3 is 2.68 bits per heavy atom. The summed E-state index contributed by atoms with van der Waals surface area (Å²) in [5.41, 5.74) is 2.96. The Balaban J connectivity index is 1.57. The molecule has 7 heteroatoms. The van der Waals surface area contributed by atoms with Crippen molar-refractivity contribution in [1.29, 1.82) is 0 Å². The molecule has 0 spiro atoms. The number of ether oxygens (including phenoxy) is 1. The van der Waals surface area contributed by atoms with Gasteiger partial charge >= 0.3 is 0 Å². The van der Waals surface area contributed by atoms with Crippen molar-refractivity contribution in [2.45, 2.75) is 24.7 Å². The molecule has 5 nitrogen and oxygen atoms in total. The van der Waals surface area contributed by atoms with E-state index in [1.165, 1.54) is 5.56 Å². The van der Waals surface area contributed by atoms with Crippen LogP contribution in [0, 0.1) is 0 Å². The molecule has 2 heterocycles. The molecule has 31 heavy (non-hydrogen) atoms. The van der Waals surface area contributed by atoms with E-state index in [9.17, 15) is 4.79 Å². The predicted octanol–water partition coefficient (Wildman–Crippen LogP) is 4.95. The average molecular weight is 456 g/mol. The van der Waals surface area contributed by atoms with Gasteiger partial charge in [-0.3, -0.25) is 14.6 Å². The number of anilines is 1. The number of thiazole rings is 1. The lowest BCUT2D eigenvalue weighted by atomic mass is 10.2. The second kappa shape index (κ2) is 10.6. The summed E-state index contributed by atoms with van der Waals surface area (Å²) in [7, 11) is 0. The summed E-state index contributed by atoms with van der Waals surface area (Å²) >= 11 is 3.29. The van der Waals surface area contributed by atoms with Crippen LogP contribution in [0.25, 0.3) is 10.2 Å². The second-order valence-corrected chi connectivity index (χ2v) is 9.53. The Morgan fingerprint density at radius 1 is 1.19 bits per heavy atom. The highest BCUT2D eigenvalue weighted by Gasteiger charge is 2.22. The monoisotopic (exact) mass is 455 g/mol. The number of aromatic nitrogens is 1. The number of benzene rings is 2. The highest BCUT2D eigenvalue weighted by atomic mass is 32.2. The molecule has 2 aromatic carbocycles. The molecule has 3 aromatic rings. The summed E-state index contributed by atoms with van der Waals surface area (Å²) in [5.74, 6) is 0.0180. The summed E-state index contributed by atoms with van der Waals surface area (Å²) < 4.78 is 6.58. The molecule has 0 atom stereocenters. The maximum atomic E-state index is 13.5. The summed E-state index contributed by atoms with van der Waals surface area (Å²) in [5, 5.41) is 0.782. The number of morpholine rings is 1. The van der Waals surface area contributed by atoms with Crippen molar-refractivity contribution in [3.8, 4) is 0 Å². The van der Waals surface area contributed by atoms with Gasteiger partial charge in [-0.2, -0.15) is 0 Å². The minimum atomic E-state index is 0.0180. The molecule has 0 saturated carbocycles. The Morgan fingerprint density at radius 2 is 1.97 bits per heavy atom. The Kier molecular flexibility index (Phi) is 7.61. The fourth-order valence-electron chi connectivity index (χ4n) is 3.74. The lowest BCUT2D eigenvalue weighted by Gasteiger charge is -2.27. The number of hydrogen-bond acceptors (Lipinski definition) is 6. The van der Waals surface area contributed by atoms with E-state index in [2.05, 4.69) is 30.0 Å². The largest absolute Gasteiger partial charge is 0.379 e. The van der Waals surface area contributed by atoms with Crippen LogP contribution in [0.2, 0.25) is 0 Å². The van der Waals surface area contributed by atoms with Crippen LogP contribution in [-0.2, 0) is 11.2 Å². The van der Waals surface area contributed by atoms with Gasteiger partial charge in [0, 0.05) is 36.6 Å². The molecule has 0 N–H and O–H groups in total. The Labute approximate surface area is 192 Å². The number of rotatable bonds is 8. The first-order valence-corrected chi connectivity index (χ1v) is 12.9. The van der Waals surface area contributed by atoms with E-state index in [-0.39, 0.29) is 5.91 Å². The number of thioether (sulfide) groups is 1. The first kappa shape index (κ1) is 22.3. The molecule has 1 aliphatic heterocycles. The van der Waals surface area contributed by atoms with Gasteiger partial charge in [-0.25, -0.2) is 4.98 Å². The van der Waals surface area contributed by atoms with E-state index in [4.69, 9.17) is 9.72 Å². The molecule has 0 radical (unpaired) electrons. The smallest absolute Gasteiger partial charge is 0.260 e. The van der Waals surface area contributed by atoms with Crippen LogP contribution in [0.15, 0.2) is 47.4 Å². The average Bonchev–Trinajstić information content (AvgIpc) is 3.25. The lowest BCUT2D eigenvalue weighted by molar-refractivity contribution is 0.0376. The zero-order valence-electron chi connectivity index (χ0n) is 18.2. The number of fused-ring (bicyclic) bond motifs is 1. The van der Waals surface area contributed by atoms with E-state index in [0.717, 1.165) is 65.9 Å². The zero-order valence-corrected chi connectivity index (χ0v) is 19.8. The predicted molar refractivity (Wildman–Crippen MR) is 131 cm³/mol. The van der Waals surface area contributed by atoms with Crippen molar-refractivity contribution in [3.63, 3.8) is 0 Å². The minimum Gasteiger partial charge on any atom is -0.379 e. The third-order valence-corrected chi connectivity index (χ3v) is 7.41. The van der Waals surface area contributed by atoms with Crippen molar-refractivity contribution < 1.29 is 9.53 Å². The van der Waals surface area contributed by atoms with Crippen molar-refractivity contribution in [1.82, 2.24) is 9.88 Å². The molecule has 164 valence electrons. The topological polar surface area (TPSA) is 45.7 Å². The molecule has 0 unspecified atom stereocenters. The van der Waals surface area contributed by atoms with Crippen LogP contribution >= 0.6 is 23.1 Å². The standard InChI is InChI=1S/C24H29N3O2S2/c1-3-18-5-10-21-22(17-18)31-24(25-21)27(12-4-11-26-13-15-29-16-14-26)23(28)19-6-8-20(30-2)9-7-19/h5-10,17H,3-4,11-16H2,1-2H3. The summed E-state index contributed by atoms with van der Waals surface area (Å²) in [6, 6.07) is 14.2. The van der Waals surface area contributed by atoms with Crippen LogP contribution < -0.4 is 4.90 Å². The number of nitrogens with zero attached hydrogens (tertiary/aromatic N) is 3. The van der Waals surface area contributed by atoms with Gasteiger partial charge in [-0.1, -0.05) is 24.3 Å². The van der Waals surface area contributed by atoms with Gasteiger partial charge in [0.1, 0.15) is 0 Å². The molecule has 1 aliphatic rings. The molecular formula is C24H29N3O2S2. The van der Waals surface area contributed by atoms with Crippen molar-refractivity contribution in [3.05, 3.63) is 53.6 Å². The number of aryl methyl sites for hydroxylation is 1. The van der Waals surface area contributed by atoms with Crippen molar-refractivity contribution in [2.24, 2.45) is 0 Å². The van der Waals surface area contributed by atoms with Crippen LogP contribution in [0.1, 0.15) is 29.3 Å². The fourth-order valence-corrected chi connectivity index (χ4v) is 5.20. The van der Waals surface area contributed by atoms with E-state index in [0.29, 0.717) is 12.1 Å². The molecule has 0 bridgehead atoms. The van der Waals surface area contributed by atoms with Crippen LogP contribution in [-0.4, -0.2) is 61.4 Å². The van der Waals surface area contributed by atoms with E-state index >= 15 is 0 Å². The first-order chi connectivity index (χ1) is 15.2. The molecule has 1 saturated heterocycles. The Bertz CT molecular complexity index is 1010. The van der Waals surface area contributed by atoms with Gasteiger partial charge in [0.25, 0.3) is 5.91 Å². The number of carbonyl (C=O) groups excluding carboxylic acids is 1. The highest BCUT2D eigenvalue weighted by molar-refractivity contribution is 7.98. The van der Waals surface area contributed by atoms with Gasteiger partial charge in [0.15, 0.2) is 5.13 Å². The summed E-state index contributed by atoms with van der Waals surface area (Å²) in [6.07, 6.45) is 3.94. The van der Waals surface area contributed by atoms with Gasteiger partial charge in [0.2, 0.25) is 0 Å². The van der Waals surface area contributed by atoms with Gasteiger partial charge < -0.3 is 4.74 Å². The minimum absolute atomic E-state index is 0.0180. The van der Waals surface area contributed by atoms with Crippen LogP contribution in [0.5, 0.6) is 0 Å². The number of amides is 1. The second-order valence-electron chi connectivity index (χ2n) is 7.64. The summed E-state index contributed by atoms with van der Waals surface area (Å²) in [4.78, 5) is 23.7.